The van der Waals surface area contributed by atoms with Crippen molar-refractivity contribution in [3.63, 3.8) is 0 Å². The number of ether oxygens (including phenoxy) is 2. The summed E-state index contributed by atoms with van der Waals surface area (Å²) in [5.74, 6) is -4.06. The molecule has 40 heavy (non-hydrogen) atoms. The van der Waals surface area contributed by atoms with E-state index in [1.165, 1.54) is 18.8 Å². The molecule has 0 unspecified atom stereocenters. The van der Waals surface area contributed by atoms with Crippen molar-refractivity contribution in [1.82, 2.24) is 4.57 Å². The number of hydrogen-bond acceptors (Lipinski definition) is 9. The van der Waals surface area contributed by atoms with E-state index in [9.17, 15) is 29.7 Å². The minimum atomic E-state index is -1.25. The summed E-state index contributed by atoms with van der Waals surface area (Å²) in [4.78, 5) is 39.6. The minimum absolute atomic E-state index is 0.0556. The first-order chi connectivity index (χ1) is 19.2. The Labute approximate surface area is 226 Å². The molecular weight excluding hydrogens is 518 g/mol. The molecule has 5 aromatic rings. The SMILES string of the molecule is COC(=O)C[C@H](c1cc2ccc(OC)cc2n(C)c1=O)c1c(O)c(O)c(O)c2c(=O)cc(-c3ccccc3)oc12. The fourth-order valence-corrected chi connectivity index (χ4v) is 4.90. The number of carbonyl (C=O) groups excluding carboxylic acids is 1. The number of phenolic OH excluding ortho intramolecular Hbond substituents is 3. The van der Waals surface area contributed by atoms with Gasteiger partial charge in [-0.1, -0.05) is 30.3 Å². The molecule has 0 bridgehead atoms. The highest BCUT2D eigenvalue weighted by molar-refractivity contribution is 5.94. The number of benzene rings is 3. The van der Waals surface area contributed by atoms with Crippen LogP contribution in [0.3, 0.4) is 0 Å². The molecule has 0 saturated heterocycles. The molecule has 0 saturated carbocycles. The maximum absolute atomic E-state index is 13.7. The number of aryl methyl sites for hydroxylation is 1. The second-order valence-corrected chi connectivity index (χ2v) is 9.23. The summed E-state index contributed by atoms with van der Waals surface area (Å²) >= 11 is 0. The molecule has 10 nitrogen and oxygen atoms in total. The highest BCUT2D eigenvalue weighted by Crippen LogP contribution is 2.49. The van der Waals surface area contributed by atoms with Crippen LogP contribution in [0.15, 0.2) is 74.7 Å². The first-order valence-electron chi connectivity index (χ1n) is 12.2. The molecule has 10 heteroatoms. The maximum atomic E-state index is 13.7. The predicted molar refractivity (Wildman–Crippen MR) is 147 cm³/mol. The number of rotatable bonds is 6. The summed E-state index contributed by atoms with van der Waals surface area (Å²) in [6.07, 6.45) is -0.459. The number of hydrogen-bond donors (Lipinski definition) is 3. The minimum Gasteiger partial charge on any atom is -0.504 e. The third-order valence-corrected chi connectivity index (χ3v) is 6.98. The van der Waals surface area contributed by atoms with Gasteiger partial charge in [0.2, 0.25) is 5.75 Å². The van der Waals surface area contributed by atoms with Crippen LogP contribution in [0.4, 0.5) is 0 Å². The number of pyridine rings is 1. The van der Waals surface area contributed by atoms with E-state index < -0.39 is 51.9 Å². The molecular formula is C30H25NO9. The van der Waals surface area contributed by atoms with Crippen molar-refractivity contribution in [3.8, 4) is 34.3 Å². The Kier molecular flexibility index (Phi) is 6.68. The topological polar surface area (TPSA) is 148 Å². The summed E-state index contributed by atoms with van der Waals surface area (Å²) in [5, 5.41) is 32.6. The number of nitrogens with zero attached hydrogens (tertiary/aromatic N) is 1. The molecule has 5 rings (SSSR count). The molecule has 2 heterocycles. The lowest BCUT2D eigenvalue weighted by Crippen LogP contribution is -2.25. The van der Waals surface area contributed by atoms with Crippen LogP contribution in [0.2, 0.25) is 0 Å². The van der Waals surface area contributed by atoms with Gasteiger partial charge in [-0.25, -0.2) is 0 Å². The van der Waals surface area contributed by atoms with Crippen molar-refractivity contribution in [1.29, 1.82) is 0 Å². The Hall–Kier alpha value is -5.25. The molecule has 0 aliphatic carbocycles. The Bertz CT molecular complexity index is 1910. The summed E-state index contributed by atoms with van der Waals surface area (Å²) < 4.78 is 17.6. The van der Waals surface area contributed by atoms with Gasteiger partial charge in [-0.05, 0) is 23.6 Å². The van der Waals surface area contributed by atoms with E-state index in [1.54, 1.807) is 61.6 Å². The summed E-state index contributed by atoms with van der Waals surface area (Å²) in [5.41, 5.74) is -0.605. The maximum Gasteiger partial charge on any atom is 0.306 e. The zero-order chi connectivity index (χ0) is 28.7. The lowest BCUT2D eigenvalue weighted by atomic mass is 9.86. The summed E-state index contributed by atoms with van der Waals surface area (Å²) in [6.45, 7) is 0. The van der Waals surface area contributed by atoms with Crippen LogP contribution < -0.4 is 15.7 Å². The van der Waals surface area contributed by atoms with Gasteiger partial charge in [0.05, 0.1) is 26.2 Å². The number of carbonyl (C=O) groups is 1. The smallest absolute Gasteiger partial charge is 0.306 e. The highest BCUT2D eigenvalue weighted by atomic mass is 16.5. The summed E-state index contributed by atoms with van der Waals surface area (Å²) in [6, 6.07) is 16.5. The predicted octanol–water partition coefficient (Wildman–Crippen LogP) is 4.13. The van der Waals surface area contributed by atoms with Crippen LogP contribution >= 0.6 is 0 Å². The van der Waals surface area contributed by atoms with Gasteiger partial charge in [0.25, 0.3) is 5.56 Å². The number of phenols is 3. The molecule has 1 atom stereocenters. The Balaban J connectivity index is 1.89. The standard InChI is InChI=1S/C30H25NO9/c1-31-20-12-17(38-2)10-9-16(20)11-19(30(31)37)18(13-23(33)39-3)24-26(34)28(36)27(35)25-21(32)14-22(40-29(24)25)15-7-5-4-6-8-15/h4-12,14,18,34-36H,13H2,1-3H3/t18-/m1/s1. The van der Waals surface area contributed by atoms with Crippen LogP contribution in [0.25, 0.3) is 33.2 Å². The van der Waals surface area contributed by atoms with E-state index >= 15 is 0 Å². The van der Waals surface area contributed by atoms with Crippen LogP contribution in [0.5, 0.6) is 23.0 Å². The Morgan fingerprint density at radius 2 is 1.68 bits per heavy atom. The van der Waals surface area contributed by atoms with Crippen molar-refractivity contribution < 1.29 is 34.0 Å². The van der Waals surface area contributed by atoms with Crippen LogP contribution in [-0.4, -0.2) is 40.1 Å². The number of methoxy groups -OCH3 is 2. The van der Waals surface area contributed by atoms with E-state index in [-0.39, 0.29) is 22.5 Å². The molecule has 0 aliphatic rings. The Morgan fingerprint density at radius 1 is 0.950 bits per heavy atom. The number of aromatic hydroxyl groups is 3. The normalized spacial score (nSPS) is 12.0. The van der Waals surface area contributed by atoms with Gasteiger partial charge in [0.1, 0.15) is 22.5 Å². The highest BCUT2D eigenvalue weighted by Gasteiger charge is 2.33. The van der Waals surface area contributed by atoms with E-state index in [2.05, 4.69) is 0 Å². The number of fused-ring (bicyclic) bond motifs is 2. The number of esters is 1. The van der Waals surface area contributed by atoms with Crippen LogP contribution in [0.1, 0.15) is 23.5 Å². The van der Waals surface area contributed by atoms with Gasteiger partial charge in [-0.2, -0.15) is 0 Å². The fourth-order valence-electron chi connectivity index (χ4n) is 4.90. The molecule has 3 aromatic carbocycles. The molecule has 204 valence electrons. The zero-order valence-corrected chi connectivity index (χ0v) is 21.8. The lowest BCUT2D eigenvalue weighted by Gasteiger charge is -2.21. The molecule has 0 aliphatic heterocycles. The second kappa shape index (κ2) is 10.1. The molecule has 0 amide bonds. The van der Waals surface area contributed by atoms with Crippen molar-refractivity contribution >= 4 is 27.8 Å². The van der Waals surface area contributed by atoms with Gasteiger partial charge < -0.3 is 33.8 Å². The first-order valence-corrected chi connectivity index (χ1v) is 12.2. The zero-order valence-electron chi connectivity index (χ0n) is 21.8. The van der Waals surface area contributed by atoms with Gasteiger partial charge in [-0.15, -0.1) is 0 Å². The second-order valence-electron chi connectivity index (χ2n) is 9.23. The average Bonchev–Trinajstić information content (AvgIpc) is 2.97. The van der Waals surface area contributed by atoms with E-state index in [0.717, 1.165) is 6.07 Å². The largest absolute Gasteiger partial charge is 0.504 e. The molecule has 0 fully saturated rings. The molecule has 0 radical (unpaired) electrons. The van der Waals surface area contributed by atoms with Crippen molar-refractivity contribution in [2.75, 3.05) is 14.2 Å². The lowest BCUT2D eigenvalue weighted by molar-refractivity contribution is -0.140. The van der Waals surface area contributed by atoms with E-state index in [0.29, 0.717) is 22.2 Å². The first kappa shape index (κ1) is 26.4. The third kappa shape index (κ3) is 4.29. The molecule has 3 N–H and O–H groups in total. The third-order valence-electron chi connectivity index (χ3n) is 6.98. The van der Waals surface area contributed by atoms with E-state index in [1.807, 2.05) is 0 Å². The van der Waals surface area contributed by atoms with Gasteiger partial charge in [0, 0.05) is 41.8 Å². The van der Waals surface area contributed by atoms with Gasteiger partial charge >= 0.3 is 5.97 Å². The number of aromatic nitrogens is 1. The molecule has 0 spiro atoms. The molecule has 2 aromatic heterocycles. The van der Waals surface area contributed by atoms with E-state index in [4.69, 9.17) is 13.9 Å². The van der Waals surface area contributed by atoms with Crippen molar-refractivity contribution in [3.05, 3.63) is 92.4 Å². The van der Waals surface area contributed by atoms with Crippen molar-refractivity contribution in [2.24, 2.45) is 7.05 Å². The van der Waals surface area contributed by atoms with Gasteiger partial charge in [-0.3, -0.25) is 14.4 Å². The Morgan fingerprint density at radius 3 is 2.35 bits per heavy atom. The fraction of sp³-hybridized carbons (Fsp3) is 0.167. The average molecular weight is 544 g/mol. The monoisotopic (exact) mass is 543 g/mol. The quantitative estimate of drug-likeness (QED) is 0.212. The van der Waals surface area contributed by atoms with Crippen molar-refractivity contribution in [2.45, 2.75) is 12.3 Å². The van der Waals surface area contributed by atoms with Crippen LogP contribution in [-0.2, 0) is 16.6 Å². The summed E-state index contributed by atoms with van der Waals surface area (Å²) in [7, 11) is 4.22. The van der Waals surface area contributed by atoms with Gasteiger partial charge in [0.15, 0.2) is 16.9 Å². The van der Waals surface area contributed by atoms with Crippen LogP contribution in [0, 0.1) is 0 Å².